The zero-order chi connectivity index (χ0) is 50.7. The maximum absolute atomic E-state index is 12.9. The Kier molecular flexibility index (Phi) is 55.8. The molecule has 0 aromatic rings. The highest BCUT2D eigenvalue weighted by Gasteiger charge is 2.19. The van der Waals surface area contributed by atoms with Crippen LogP contribution in [0.1, 0.15) is 297 Å². The van der Waals surface area contributed by atoms with Crippen LogP contribution in [-0.2, 0) is 28.6 Å². The lowest BCUT2D eigenvalue weighted by atomic mass is 10.0. The van der Waals surface area contributed by atoms with E-state index in [1.165, 1.54) is 154 Å². The molecule has 0 saturated heterocycles. The molecular formula is C64H112O6. The minimum absolute atomic E-state index is 0.0815. The second-order valence-corrected chi connectivity index (χ2v) is 19.9. The van der Waals surface area contributed by atoms with Crippen LogP contribution in [-0.4, -0.2) is 37.2 Å². The van der Waals surface area contributed by atoms with Crippen LogP contribution in [0, 0.1) is 0 Å². The summed E-state index contributed by atoms with van der Waals surface area (Å²) in [7, 11) is 0. The number of carbonyl (C=O) groups is 3. The van der Waals surface area contributed by atoms with E-state index < -0.39 is 6.10 Å². The van der Waals surface area contributed by atoms with E-state index in [9.17, 15) is 14.4 Å². The quantitative estimate of drug-likeness (QED) is 0.0261. The molecule has 0 radical (unpaired) electrons. The van der Waals surface area contributed by atoms with Gasteiger partial charge in [-0.3, -0.25) is 14.4 Å². The lowest BCUT2D eigenvalue weighted by Crippen LogP contribution is -2.30. The molecule has 0 rings (SSSR count). The van der Waals surface area contributed by atoms with Crippen molar-refractivity contribution in [2.24, 2.45) is 0 Å². The SMILES string of the molecule is CC/C=C\C/C=C\C/C=C\CCCCCCCCCC(=O)OC(COC(=O)CCCCCCCC/C=C\C/C=C\C/C=C\CCCCCCC)COC(=O)CCCCCCCCCCCCCCCC. The summed E-state index contributed by atoms with van der Waals surface area (Å²) in [4.78, 5) is 38.2. The highest BCUT2D eigenvalue weighted by Crippen LogP contribution is 2.16. The summed E-state index contributed by atoms with van der Waals surface area (Å²) in [5, 5.41) is 0. The topological polar surface area (TPSA) is 78.9 Å². The Morgan fingerprint density at radius 3 is 0.871 bits per heavy atom. The Hall–Kier alpha value is -3.15. The molecule has 1 atom stereocenters. The first kappa shape index (κ1) is 66.9. The van der Waals surface area contributed by atoms with Crippen molar-refractivity contribution in [2.75, 3.05) is 13.2 Å². The van der Waals surface area contributed by atoms with E-state index >= 15 is 0 Å². The number of unbranched alkanes of at least 4 members (excludes halogenated alkanes) is 31. The molecule has 1 unspecified atom stereocenters. The maximum atomic E-state index is 12.9. The van der Waals surface area contributed by atoms with Gasteiger partial charge >= 0.3 is 17.9 Å². The van der Waals surface area contributed by atoms with Gasteiger partial charge in [0.15, 0.2) is 6.10 Å². The van der Waals surface area contributed by atoms with Crippen molar-refractivity contribution in [1.29, 1.82) is 0 Å². The molecule has 0 amide bonds. The van der Waals surface area contributed by atoms with E-state index in [-0.39, 0.29) is 31.1 Å². The fourth-order valence-corrected chi connectivity index (χ4v) is 8.47. The van der Waals surface area contributed by atoms with Gasteiger partial charge in [-0.05, 0) is 89.9 Å². The minimum atomic E-state index is -0.785. The predicted molar refractivity (Wildman–Crippen MR) is 302 cm³/mol. The second-order valence-electron chi connectivity index (χ2n) is 19.9. The second kappa shape index (κ2) is 58.4. The summed E-state index contributed by atoms with van der Waals surface area (Å²) < 4.78 is 16.9. The molecule has 0 aliphatic carbocycles. The van der Waals surface area contributed by atoms with Gasteiger partial charge in [0, 0.05) is 19.3 Å². The summed E-state index contributed by atoms with van der Waals surface area (Å²) in [6.45, 7) is 6.53. The first-order chi connectivity index (χ1) is 34.5. The van der Waals surface area contributed by atoms with Crippen LogP contribution in [0.5, 0.6) is 0 Å². The third-order valence-corrected chi connectivity index (χ3v) is 12.9. The van der Waals surface area contributed by atoms with Crippen LogP contribution in [0.15, 0.2) is 72.9 Å². The third-order valence-electron chi connectivity index (χ3n) is 12.9. The van der Waals surface area contributed by atoms with Gasteiger partial charge in [0.25, 0.3) is 0 Å². The Balaban J connectivity index is 4.39. The number of hydrogen-bond donors (Lipinski definition) is 0. The average molecular weight is 978 g/mol. The number of rotatable bonds is 54. The fourth-order valence-electron chi connectivity index (χ4n) is 8.47. The molecule has 0 bridgehead atoms. The monoisotopic (exact) mass is 977 g/mol. The van der Waals surface area contributed by atoms with E-state index in [2.05, 4.69) is 93.7 Å². The molecule has 0 aromatic carbocycles. The first-order valence-electron chi connectivity index (χ1n) is 29.9. The van der Waals surface area contributed by atoms with Crippen molar-refractivity contribution in [3.8, 4) is 0 Å². The van der Waals surface area contributed by atoms with E-state index in [4.69, 9.17) is 14.2 Å². The Bertz CT molecular complexity index is 1310. The zero-order valence-electron chi connectivity index (χ0n) is 46.3. The number of allylic oxidation sites excluding steroid dienone is 12. The van der Waals surface area contributed by atoms with Gasteiger partial charge in [-0.25, -0.2) is 0 Å². The summed E-state index contributed by atoms with van der Waals surface area (Å²) in [6.07, 6.45) is 74.6. The van der Waals surface area contributed by atoms with Crippen molar-refractivity contribution in [3.05, 3.63) is 72.9 Å². The summed E-state index contributed by atoms with van der Waals surface area (Å²) >= 11 is 0. The number of hydrogen-bond acceptors (Lipinski definition) is 6. The van der Waals surface area contributed by atoms with Crippen molar-refractivity contribution < 1.29 is 28.6 Å². The summed E-state index contributed by atoms with van der Waals surface area (Å²) in [5.41, 5.74) is 0. The molecule has 0 aromatic heterocycles. The Morgan fingerprint density at radius 1 is 0.300 bits per heavy atom. The smallest absolute Gasteiger partial charge is 0.306 e. The van der Waals surface area contributed by atoms with Gasteiger partial charge in [0.2, 0.25) is 0 Å². The van der Waals surface area contributed by atoms with Crippen molar-refractivity contribution in [3.63, 3.8) is 0 Å². The fraction of sp³-hybridized carbons (Fsp3) is 0.766. The van der Waals surface area contributed by atoms with Gasteiger partial charge in [0.05, 0.1) is 0 Å². The number of ether oxygens (including phenoxy) is 3. The molecule has 70 heavy (non-hydrogen) atoms. The Morgan fingerprint density at radius 2 is 0.557 bits per heavy atom. The molecule has 0 fully saturated rings. The molecule has 0 N–H and O–H groups in total. The standard InChI is InChI=1S/C64H112O6/c1-4-7-10-13-16-19-22-25-28-30-31-32-33-35-36-39-42-45-48-51-54-57-63(66)69-60-61(59-68-62(65)56-53-50-47-44-41-38-27-24-21-18-15-12-9-6-3)70-64(67)58-55-52-49-46-43-40-37-34-29-26-23-20-17-14-11-8-5-2/h8,11,17,20,22,25-26,29-31,33,35,61H,4-7,9-10,12-16,18-19,21,23-24,27-28,32,34,36-60H2,1-3H3/b11-8-,20-17-,25-22-,29-26-,31-30-,35-33-. The molecule has 0 heterocycles. The molecular weight excluding hydrogens is 865 g/mol. The van der Waals surface area contributed by atoms with E-state index in [1.54, 1.807) is 0 Å². The largest absolute Gasteiger partial charge is 0.462 e. The predicted octanol–water partition coefficient (Wildman–Crippen LogP) is 20.2. The lowest BCUT2D eigenvalue weighted by molar-refractivity contribution is -0.167. The first-order valence-corrected chi connectivity index (χ1v) is 29.9. The molecule has 6 heteroatoms. The summed E-state index contributed by atoms with van der Waals surface area (Å²) in [5.74, 6) is -0.893. The van der Waals surface area contributed by atoms with Crippen molar-refractivity contribution >= 4 is 17.9 Å². The number of esters is 3. The van der Waals surface area contributed by atoms with Crippen LogP contribution < -0.4 is 0 Å². The van der Waals surface area contributed by atoms with E-state index in [1.807, 2.05) is 0 Å². The highest BCUT2D eigenvalue weighted by atomic mass is 16.6. The van der Waals surface area contributed by atoms with Gasteiger partial charge in [-0.1, -0.05) is 261 Å². The molecule has 0 spiro atoms. The van der Waals surface area contributed by atoms with Crippen LogP contribution in [0.3, 0.4) is 0 Å². The van der Waals surface area contributed by atoms with Crippen LogP contribution in [0.2, 0.25) is 0 Å². The molecule has 6 nitrogen and oxygen atoms in total. The summed E-state index contributed by atoms with van der Waals surface area (Å²) in [6, 6.07) is 0. The molecule has 0 aliphatic heterocycles. The average Bonchev–Trinajstić information content (AvgIpc) is 3.36. The van der Waals surface area contributed by atoms with Gasteiger partial charge in [-0.15, -0.1) is 0 Å². The highest BCUT2D eigenvalue weighted by molar-refractivity contribution is 5.71. The van der Waals surface area contributed by atoms with Crippen LogP contribution in [0.25, 0.3) is 0 Å². The third kappa shape index (κ3) is 55.8. The van der Waals surface area contributed by atoms with Crippen LogP contribution in [0.4, 0.5) is 0 Å². The number of carbonyl (C=O) groups excluding carboxylic acids is 3. The van der Waals surface area contributed by atoms with Gasteiger partial charge in [-0.2, -0.15) is 0 Å². The maximum Gasteiger partial charge on any atom is 0.306 e. The van der Waals surface area contributed by atoms with Crippen molar-refractivity contribution in [1.82, 2.24) is 0 Å². The Labute approximate surface area is 433 Å². The zero-order valence-corrected chi connectivity index (χ0v) is 46.3. The van der Waals surface area contributed by atoms with Gasteiger partial charge < -0.3 is 14.2 Å². The van der Waals surface area contributed by atoms with E-state index in [0.29, 0.717) is 19.3 Å². The van der Waals surface area contributed by atoms with E-state index in [0.717, 1.165) is 103 Å². The van der Waals surface area contributed by atoms with Crippen molar-refractivity contribution in [2.45, 2.75) is 303 Å². The normalized spacial score (nSPS) is 12.6. The van der Waals surface area contributed by atoms with Gasteiger partial charge in [0.1, 0.15) is 13.2 Å². The lowest BCUT2D eigenvalue weighted by Gasteiger charge is -2.18. The minimum Gasteiger partial charge on any atom is -0.462 e. The molecule has 404 valence electrons. The molecule has 0 aliphatic rings. The van der Waals surface area contributed by atoms with Crippen LogP contribution >= 0.6 is 0 Å². The molecule has 0 saturated carbocycles.